The van der Waals surface area contributed by atoms with E-state index in [2.05, 4.69) is 0 Å². The predicted molar refractivity (Wildman–Crippen MR) is 71.6 cm³/mol. The van der Waals surface area contributed by atoms with Crippen molar-refractivity contribution in [2.24, 2.45) is 5.73 Å². The van der Waals surface area contributed by atoms with Crippen molar-refractivity contribution in [2.45, 2.75) is 31.5 Å². The van der Waals surface area contributed by atoms with Gasteiger partial charge in [-0.1, -0.05) is 0 Å². The van der Waals surface area contributed by atoms with Gasteiger partial charge in [0, 0.05) is 18.8 Å². The van der Waals surface area contributed by atoms with Crippen LogP contribution in [0.4, 0.5) is 0 Å². The number of aliphatic hydroxyl groups is 3. The van der Waals surface area contributed by atoms with Crippen LogP contribution in [0.3, 0.4) is 0 Å². The summed E-state index contributed by atoms with van der Waals surface area (Å²) in [5.74, 6) is -0.288. The van der Waals surface area contributed by atoms with E-state index >= 15 is 0 Å². The number of rotatable bonds is 3. The van der Waals surface area contributed by atoms with Gasteiger partial charge in [0.1, 0.15) is 24.1 Å². The number of ether oxygens (including phenoxy) is 1. The zero-order valence-electron chi connectivity index (χ0n) is 11.3. The van der Waals surface area contributed by atoms with E-state index in [4.69, 9.17) is 10.5 Å². The van der Waals surface area contributed by atoms with E-state index < -0.39 is 35.8 Å². The standard InChI is InChI=1S/C12H17N3O6/c1-5(4-13)7(17)10-8(18)9(19)11(21-10)15-3-2-6(16)14-12(15)20/h2-3,8-11,17-19H,4,13H2,1H3,(H,14,16,20)/b7-5-/t8-,9+,10+,11+/m0/s1. The van der Waals surface area contributed by atoms with E-state index in [0.717, 1.165) is 16.8 Å². The van der Waals surface area contributed by atoms with Crippen molar-refractivity contribution in [3.8, 4) is 0 Å². The SMILES string of the molecule is C/C(CN)=C(/O)[C@H]1O[C@@H](n2ccc(=O)[nH]c2=O)[C@H](O)[C@@H]1O. The molecule has 1 aromatic rings. The molecule has 0 amide bonds. The van der Waals surface area contributed by atoms with Crippen LogP contribution in [0.1, 0.15) is 13.2 Å². The lowest BCUT2D eigenvalue weighted by Gasteiger charge is -2.16. The van der Waals surface area contributed by atoms with Crippen LogP contribution in [0, 0.1) is 0 Å². The predicted octanol–water partition coefficient (Wildman–Crippen LogP) is -2.05. The number of aromatic nitrogens is 2. The largest absolute Gasteiger partial charge is 0.509 e. The molecule has 9 nitrogen and oxygen atoms in total. The van der Waals surface area contributed by atoms with Gasteiger partial charge in [0.25, 0.3) is 5.56 Å². The molecule has 116 valence electrons. The molecule has 2 rings (SSSR count). The van der Waals surface area contributed by atoms with Gasteiger partial charge in [-0.2, -0.15) is 0 Å². The number of nitrogens with zero attached hydrogens (tertiary/aromatic N) is 1. The highest BCUT2D eigenvalue weighted by molar-refractivity contribution is 5.15. The molecule has 0 bridgehead atoms. The summed E-state index contributed by atoms with van der Waals surface area (Å²) in [6.07, 6.45) is -4.18. The Kier molecular flexibility index (Phi) is 4.28. The normalized spacial score (nSPS) is 30.3. The number of hydrogen-bond acceptors (Lipinski definition) is 7. The molecule has 0 radical (unpaired) electrons. The Morgan fingerprint density at radius 3 is 2.67 bits per heavy atom. The van der Waals surface area contributed by atoms with Crippen molar-refractivity contribution < 1.29 is 20.1 Å². The van der Waals surface area contributed by atoms with E-state index in [-0.39, 0.29) is 12.3 Å². The Morgan fingerprint density at radius 2 is 2.10 bits per heavy atom. The third-order valence-corrected chi connectivity index (χ3v) is 3.38. The van der Waals surface area contributed by atoms with E-state index in [9.17, 15) is 24.9 Å². The molecule has 1 saturated heterocycles. The van der Waals surface area contributed by atoms with Crippen LogP contribution in [0.15, 0.2) is 33.2 Å². The second-order valence-electron chi connectivity index (χ2n) is 4.82. The molecule has 0 aromatic carbocycles. The molecule has 0 aliphatic carbocycles. The highest BCUT2D eigenvalue weighted by Gasteiger charge is 2.46. The number of H-pyrrole nitrogens is 1. The zero-order valence-corrected chi connectivity index (χ0v) is 11.3. The molecule has 1 aliphatic heterocycles. The van der Waals surface area contributed by atoms with Crippen molar-refractivity contribution in [3.05, 3.63) is 44.4 Å². The first-order chi connectivity index (χ1) is 9.86. The molecule has 1 aromatic heterocycles. The highest BCUT2D eigenvalue weighted by Crippen LogP contribution is 2.32. The molecule has 1 aliphatic rings. The average Bonchev–Trinajstić information content (AvgIpc) is 2.74. The van der Waals surface area contributed by atoms with Crippen molar-refractivity contribution >= 4 is 0 Å². The molecule has 21 heavy (non-hydrogen) atoms. The number of nitrogens with two attached hydrogens (primary N) is 1. The zero-order chi connectivity index (χ0) is 15.7. The Bertz CT molecular complexity index is 663. The Hall–Kier alpha value is -1.94. The summed E-state index contributed by atoms with van der Waals surface area (Å²) in [5, 5.41) is 29.9. The van der Waals surface area contributed by atoms with Crippen molar-refractivity contribution in [1.82, 2.24) is 9.55 Å². The smallest absolute Gasteiger partial charge is 0.330 e. The highest BCUT2D eigenvalue weighted by atomic mass is 16.6. The van der Waals surface area contributed by atoms with E-state index in [0.29, 0.717) is 5.57 Å². The fraction of sp³-hybridized carbons (Fsp3) is 0.500. The molecule has 1 fully saturated rings. The molecule has 2 heterocycles. The van der Waals surface area contributed by atoms with Gasteiger partial charge < -0.3 is 25.8 Å². The quantitative estimate of drug-likeness (QED) is 0.403. The minimum absolute atomic E-state index is 0.0534. The monoisotopic (exact) mass is 299 g/mol. The maximum Gasteiger partial charge on any atom is 0.330 e. The maximum atomic E-state index is 11.7. The van der Waals surface area contributed by atoms with Crippen LogP contribution < -0.4 is 17.0 Å². The van der Waals surface area contributed by atoms with Gasteiger partial charge in [0.2, 0.25) is 0 Å². The number of nitrogens with one attached hydrogen (secondary N) is 1. The first-order valence-electron chi connectivity index (χ1n) is 6.28. The molecule has 0 saturated carbocycles. The molecular formula is C12H17N3O6. The number of hydrogen-bond donors (Lipinski definition) is 5. The fourth-order valence-electron chi connectivity index (χ4n) is 2.09. The van der Waals surface area contributed by atoms with Gasteiger partial charge in [0.05, 0.1) is 0 Å². The molecule has 9 heteroatoms. The van der Waals surface area contributed by atoms with Crippen LogP contribution in [0.25, 0.3) is 0 Å². The molecule has 4 atom stereocenters. The van der Waals surface area contributed by atoms with Crippen molar-refractivity contribution in [1.29, 1.82) is 0 Å². The van der Waals surface area contributed by atoms with Crippen LogP contribution in [0.2, 0.25) is 0 Å². The van der Waals surface area contributed by atoms with Crippen LogP contribution in [0.5, 0.6) is 0 Å². The minimum Gasteiger partial charge on any atom is -0.509 e. The first kappa shape index (κ1) is 15.4. The van der Waals surface area contributed by atoms with E-state index in [1.807, 2.05) is 4.98 Å². The van der Waals surface area contributed by atoms with Crippen molar-refractivity contribution in [3.63, 3.8) is 0 Å². The minimum atomic E-state index is -1.45. The summed E-state index contributed by atoms with van der Waals surface area (Å²) < 4.78 is 6.29. The third-order valence-electron chi connectivity index (χ3n) is 3.38. The fourth-order valence-corrected chi connectivity index (χ4v) is 2.09. The summed E-state index contributed by atoms with van der Waals surface area (Å²) in [6, 6.07) is 1.08. The molecule has 0 unspecified atom stereocenters. The van der Waals surface area contributed by atoms with Gasteiger partial charge in [-0.15, -0.1) is 0 Å². The summed E-state index contributed by atoms with van der Waals surface area (Å²) >= 11 is 0. The second kappa shape index (κ2) is 5.82. The number of aromatic amines is 1. The lowest BCUT2D eigenvalue weighted by atomic mass is 10.1. The Balaban J connectivity index is 2.36. The van der Waals surface area contributed by atoms with Gasteiger partial charge >= 0.3 is 5.69 Å². The Labute approximate surface area is 118 Å². The molecule has 0 spiro atoms. The van der Waals surface area contributed by atoms with Gasteiger partial charge in [-0.05, 0) is 12.5 Å². The Morgan fingerprint density at radius 1 is 1.43 bits per heavy atom. The van der Waals surface area contributed by atoms with E-state index in [1.165, 1.54) is 0 Å². The molecular weight excluding hydrogens is 282 g/mol. The second-order valence-corrected chi connectivity index (χ2v) is 4.82. The summed E-state index contributed by atoms with van der Waals surface area (Å²) in [5.41, 5.74) is 4.40. The van der Waals surface area contributed by atoms with Gasteiger partial charge in [0.15, 0.2) is 6.23 Å². The summed E-state index contributed by atoms with van der Waals surface area (Å²) in [7, 11) is 0. The van der Waals surface area contributed by atoms with Crippen LogP contribution >= 0.6 is 0 Å². The van der Waals surface area contributed by atoms with Gasteiger partial charge in [-0.25, -0.2) is 4.79 Å². The van der Waals surface area contributed by atoms with Gasteiger partial charge in [-0.3, -0.25) is 14.3 Å². The van der Waals surface area contributed by atoms with Crippen LogP contribution in [-0.4, -0.2) is 49.7 Å². The first-order valence-corrected chi connectivity index (χ1v) is 6.28. The molecule has 6 N–H and O–H groups in total. The van der Waals surface area contributed by atoms with Crippen molar-refractivity contribution in [2.75, 3.05) is 6.54 Å². The summed E-state index contributed by atoms with van der Waals surface area (Å²) in [4.78, 5) is 24.7. The lowest BCUT2D eigenvalue weighted by molar-refractivity contribution is -0.0394. The number of aliphatic hydroxyl groups excluding tert-OH is 3. The third kappa shape index (κ3) is 2.76. The average molecular weight is 299 g/mol. The van der Waals surface area contributed by atoms with Crippen LogP contribution in [-0.2, 0) is 4.74 Å². The maximum absolute atomic E-state index is 11.7. The summed E-state index contributed by atoms with van der Waals surface area (Å²) in [6.45, 7) is 1.61. The lowest BCUT2D eigenvalue weighted by Crippen LogP contribution is -2.37. The topological polar surface area (TPSA) is 151 Å². The van der Waals surface area contributed by atoms with E-state index in [1.54, 1.807) is 6.92 Å².